The van der Waals surface area contributed by atoms with Crippen LogP contribution in [0.5, 0.6) is 5.88 Å². The minimum Gasteiger partial charge on any atom is -0.475 e. The van der Waals surface area contributed by atoms with E-state index >= 15 is 0 Å². The van der Waals surface area contributed by atoms with Crippen molar-refractivity contribution < 1.29 is 23.2 Å². The van der Waals surface area contributed by atoms with E-state index in [1.807, 2.05) is 30.5 Å². The van der Waals surface area contributed by atoms with Crippen LogP contribution in [-0.2, 0) is 32.8 Å². The second-order valence-corrected chi connectivity index (χ2v) is 12.5. The van der Waals surface area contributed by atoms with Gasteiger partial charge in [-0.25, -0.2) is 13.9 Å². The Labute approximate surface area is 231 Å². The van der Waals surface area contributed by atoms with Gasteiger partial charge in [0.2, 0.25) is 11.8 Å². The number of rotatable bonds is 1. The lowest BCUT2D eigenvalue weighted by Crippen LogP contribution is -2.25. The van der Waals surface area contributed by atoms with Crippen LogP contribution in [0.15, 0.2) is 40.9 Å². The molecule has 40 heavy (non-hydrogen) atoms. The standard InChI is InChI=1S/C27H31N7O5S/c1-17-12-19-13-23(29-17)21-15-28-33(3)26(21)39-7-6-38-18(2)16-34-24-14-20(32-40(36)10-8-37-9-11-40)4-5-22(24)30-27(34)31-25(19)35/h4-5,12-15,18H,6-11,16H2,1-3H3,(H,30,31,35)/t18-/m0/s1. The molecular weight excluding hydrogens is 534 g/mol. The minimum atomic E-state index is -2.38. The molecular formula is C27H31N7O5S. The van der Waals surface area contributed by atoms with E-state index in [0.717, 1.165) is 5.52 Å². The number of carbonyl (C=O) groups excluding carboxylic acids is 1. The fraction of sp³-hybridized carbons (Fsp3) is 0.407. The molecule has 4 aromatic rings. The molecule has 2 bridgehead atoms. The van der Waals surface area contributed by atoms with E-state index in [0.29, 0.717) is 90.0 Å². The molecule has 0 saturated carbocycles. The predicted molar refractivity (Wildman–Crippen MR) is 151 cm³/mol. The maximum Gasteiger partial charge on any atom is 0.258 e. The molecule has 210 valence electrons. The average Bonchev–Trinajstić information content (AvgIpc) is 3.45. The Bertz CT molecular complexity index is 1710. The number of hydrogen-bond acceptors (Lipinski definition) is 9. The normalized spacial score (nSPS) is 19.5. The summed E-state index contributed by atoms with van der Waals surface area (Å²) in [6.45, 7) is 5.74. The molecule has 5 heterocycles. The second-order valence-electron chi connectivity index (χ2n) is 9.96. The molecule has 0 unspecified atom stereocenters. The Kier molecular flexibility index (Phi) is 7.02. The van der Waals surface area contributed by atoms with Gasteiger partial charge in [-0.15, -0.1) is 0 Å². The molecule has 1 aromatic carbocycles. The third-order valence-electron chi connectivity index (χ3n) is 6.86. The third-order valence-corrected chi connectivity index (χ3v) is 9.01. The fourth-order valence-electron chi connectivity index (χ4n) is 4.90. The van der Waals surface area contributed by atoms with Crippen molar-refractivity contribution in [2.24, 2.45) is 11.4 Å². The maximum atomic E-state index is 13.5. The van der Waals surface area contributed by atoms with Crippen molar-refractivity contribution >= 4 is 38.3 Å². The predicted octanol–water partition coefficient (Wildman–Crippen LogP) is 3.32. The number of ether oxygens (including phenoxy) is 3. The largest absolute Gasteiger partial charge is 0.475 e. The number of imidazole rings is 1. The van der Waals surface area contributed by atoms with E-state index in [1.165, 1.54) is 0 Å². The first kappa shape index (κ1) is 26.4. The average molecular weight is 566 g/mol. The Hall–Kier alpha value is -3.81. The van der Waals surface area contributed by atoms with Crippen LogP contribution in [0, 0.1) is 6.92 Å². The number of aromatic nitrogens is 5. The summed E-state index contributed by atoms with van der Waals surface area (Å²) in [6, 6.07) is 8.95. The molecule has 0 spiro atoms. The van der Waals surface area contributed by atoms with E-state index in [4.69, 9.17) is 19.2 Å². The molecule has 1 fully saturated rings. The van der Waals surface area contributed by atoms with Crippen LogP contribution in [0.1, 0.15) is 23.0 Å². The van der Waals surface area contributed by atoms with Gasteiger partial charge in [0.25, 0.3) is 5.91 Å². The van der Waals surface area contributed by atoms with Gasteiger partial charge in [-0.05, 0) is 44.2 Å². The monoisotopic (exact) mass is 565 g/mol. The smallest absolute Gasteiger partial charge is 0.258 e. The number of hydrogen-bond donors (Lipinski definition) is 1. The van der Waals surface area contributed by atoms with Crippen molar-refractivity contribution in [1.29, 1.82) is 0 Å². The first-order valence-corrected chi connectivity index (χ1v) is 15.0. The second kappa shape index (κ2) is 10.6. The highest BCUT2D eigenvalue weighted by Crippen LogP contribution is 2.31. The Morgan fingerprint density at radius 1 is 1.10 bits per heavy atom. The number of nitrogens with one attached hydrogen (secondary N) is 1. The molecule has 1 saturated heterocycles. The number of aryl methyl sites for hydroxylation is 2. The number of fused-ring (bicyclic) bond motifs is 7. The van der Waals surface area contributed by atoms with Gasteiger partial charge >= 0.3 is 0 Å². The summed E-state index contributed by atoms with van der Waals surface area (Å²) in [7, 11) is -0.590. The van der Waals surface area contributed by atoms with Crippen molar-refractivity contribution in [3.8, 4) is 17.1 Å². The molecule has 6 rings (SSSR count). The highest BCUT2D eigenvalue weighted by Gasteiger charge is 2.21. The molecule has 2 aliphatic rings. The summed E-state index contributed by atoms with van der Waals surface area (Å²) in [4.78, 5) is 22.9. The van der Waals surface area contributed by atoms with Crippen molar-refractivity contribution in [2.45, 2.75) is 26.5 Å². The SMILES string of the molecule is Cc1cc2cc(n1)-c1cnn(C)c1OCCO[C@@H](C)Cn1c(nc3ccc(N=S4(=O)CCOCC4)cc31)NC2=O. The summed E-state index contributed by atoms with van der Waals surface area (Å²) < 4.78 is 38.8. The van der Waals surface area contributed by atoms with E-state index in [1.54, 1.807) is 36.1 Å². The molecule has 2 aliphatic heterocycles. The molecule has 1 N–H and O–H groups in total. The number of pyridine rings is 1. The van der Waals surface area contributed by atoms with Gasteiger partial charge < -0.3 is 18.8 Å². The number of carbonyl (C=O) groups is 1. The van der Waals surface area contributed by atoms with Crippen LogP contribution >= 0.6 is 0 Å². The lowest BCUT2D eigenvalue weighted by Gasteiger charge is -2.17. The first-order valence-electron chi connectivity index (χ1n) is 13.2. The van der Waals surface area contributed by atoms with Crippen LogP contribution in [-0.4, -0.2) is 78.5 Å². The molecule has 12 nitrogen and oxygen atoms in total. The van der Waals surface area contributed by atoms with E-state index < -0.39 is 9.73 Å². The summed E-state index contributed by atoms with van der Waals surface area (Å²) in [5.41, 5.74) is 4.43. The molecule has 1 atom stereocenters. The number of anilines is 1. The van der Waals surface area contributed by atoms with Gasteiger partial charge in [-0.2, -0.15) is 9.46 Å². The third kappa shape index (κ3) is 5.31. The fourth-order valence-corrected chi connectivity index (χ4v) is 6.54. The molecule has 0 radical (unpaired) electrons. The summed E-state index contributed by atoms with van der Waals surface area (Å²) in [5.74, 6) is 1.42. The van der Waals surface area contributed by atoms with Gasteiger partial charge in [0.1, 0.15) is 6.61 Å². The van der Waals surface area contributed by atoms with E-state index in [2.05, 4.69) is 19.8 Å². The van der Waals surface area contributed by atoms with Crippen molar-refractivity contribution in [3.63, 3.8) is 0 Å². The highest BCUT2D eigenvalue weighted by molar-refractivity contribution is 7.93. The Morgan fingerprint density at radius 3 is 2.75 bits per heavy atom. The summed E-state index contributed by atoms with van der Waals surface area (Å²) in [6.07, 6.45) is 1.45. The van der Waals surface area contributed by atoms with Crippen LogP contribution in [0.2, 0.25) is 0 Å². The quantitative estimate of drug-likeness (QED) is 0.371. The maximum absolute atomic E-state index is 13.5. The van der Waals surface area contributed by atoms with Gasteiger partial charge in [-0.3, -0.25) is 15.1 Å². The Morgan fingerprint density at radius 2 is 1.93 bits per heavy atom. The van der Waals surface area contributed by atoms with Crippen molar-refractivity contribution in [2.75, 3.05) is 43.3 Å². The van der Waals surface area contributed by atoms with Gasteiger partial charge in [-0.1, -0.05) is 0 Å². The van der Waals surface area contributed by atoms with Crippen molar-refractivity contribution in [3.05, 3.63) is 47.8 Å². The Balaban J connectivity index is 1.43. The summed E-state index contributed by atoms with van der Waals surface area (Å²) >= 11 is 0. The lowest BCUT2D eigenvalue weighted by molar-refractivity contribution is 0.0344. The molecule has 3 aromatic heterocycles. The van der Waals surface area contributed by atoms with E-state index in [9.17, 15) is 9.00 Å². The molecule has 0 aliphatic carbocycles. The zero-order valence-corrected chi connectivity index (χ0v) is 23.4. The van der Waals surface area contributed by atoms with Gasteiger partial charge in [0, 0.05) is 18.3 Å². The number of benzene rings is 1. The lowest BCUT2D eigenvalue weighted by atomic mass is 10.1. The zero-order valence-electron chi connectivity index (χ0n) is 22.6. The van der Waals surface area contributed by atoms with Crippen LogP contribution in [0.25, 0.3) is 22.3 Å². The van der Waals surface area contributed by atoms with Gasteiger partial charge in [0.15, 0.2) is 0 Å². The van der Waals surface area contributed by atoms with E-state index in [-0.39, 0.29) is 12.0 Å². The molecule has 1 amide bonds. The van der Waals surface area contributed by atoms with Crippen LogP contribution in [0.3, 0.4) is 0 Å². The minimum absolute atomic E-state index is 0.231. The van der Waals surface area contributed by atoms with Gasteiger partial charge in [0.05, 0.1) is 87.9 Å². The topological polar surface area (TPSA) is 135 Å². The summed E-state index contributed by atoms with van der Waals surface area (Å²) in [5, 5.41) is 7.31. The first-order chi connectivity index (χ1) is 19.3. The zero-order chi connectivity index (χ0) is 27.9. The number of amides is 1. The highest BCUT2D eigenvalue weighted by atomic mass is 32.2. The van der Waals surface area contributed by atoms with Crippen molar-refractivity contribution in [1.82, 2.24) is 24.3 Å². The number of nitrogens with zero attached hydrogens (tertiary/aromatic N) is 6. The van der Waals surface area contributed by atoms with Crippen LogP contribution < -0.4 is 10.1 Å². The molecule has 13 heteroatoms. The van der Waals surface area contributed by atoms with Crippen LogP contribution in [0.4, 0.5) is 11.6 Å².